The number of anilines is 1. The molecular formula is C10H12ClN. The molecule has 1 rings (SSSR count). The highest BCUT2D eigenvalue weighted by Crippen LogP contribution is 2.21. The normalized spacial score (nSPS) is 9.58. The number of aryl methyl sites for hydroxylation is 1. The van der Waals surface area contributed by atoms with Crippen LogP contribution < -0.4 is 4.90 Å². The minimum Gasteiger partial charge on any atom is -0.336 e. The number of halogens is 1. The second-order valence-electron chi connectivity index (χ2n) is 2.72. The molecule has 0 amide bonds. The molecule has 0 bridgehead atoms. The van der Waals surface area contributed by atoms with Crippen molar-refractivity contribution in [1.29, 1.82) is 0 Å². The monoisotopic (exact) mass is 181 g/mol. The van der Waals surface area contributed by atoms with E-state index in [4.69, 9.17) is 11.6 Å². The predicted octanol–water partition coefficient (Wildman–Crippen LogP) is 3.14. The van der Waals surface area contributed by atoms with Gasteiger partial charge in [0, 0.05) is 12.7 Å². The summed E-state index contributed by atoms with van der Waals surface area (Å²) in [7, 11) is 1.90. The summed E-state index contributed by atoms with van der Waals surface area (Å²) in [5.74, 6) is 0. The summed E-state index contributed by atoms with van der Waals surface area (Å²) in [6.07, 6.45) is 0. The third-order valence-corrected chi connectivity index (χ3v) is 2.09. The van der Waals surface area contributed by atoms with Crippen molar-refractivity contribution in [3.05, 3.63) is 41.6 Å². The van der Waals surface area contributed by atoms with Crippen LogP contribution in [0.3, 0.4) is 0 Å². The zero-order chi connectivity index (χ0) is 9.14. The second-order valence-corrected chi connectivity index (χ2v) is 3.16. The van der Waals surface area contributed by atoms with E-state index in [1.165, 1.54) is 5.56 Å². The molecule has 1 aromatic rings. The van der Waals surface area contributed by atoms with E-state index in [9.17, 15) is 0 Å². The van der Waals surface area contributed by atoms with Crippen molar-refractivity contribution in [2.45, 2.75) is 6.92 Å². The SMILES string of the molecule is C=C(Cl)N(C)c1ccccc1C. The summed E-state index contributed by atoms with van der Waals surface area (Å²) in [6.45, 7) is 5.71. The van der Waals surface area contributed by atoms with Gasteiger partial charge >= 0.3 is 0 Å². The highest BCUT2D eigenvalue weighted by atomic mass is 35.5. The van der Waals surface area contributed by atoms with Crippen molar-refractivity contribution in [3.63, 3.8) is 0 Å². The molecule has 64 valence electrons. The Bertz CT molecular complexity index is 294. The molecule has 0 radical (unpaired) electrons. The zero-order valence-corrected chi connectivity index (χ0v) is 8.10. The van der Waals surface area contributed by atoms with Crippen LogP contribution in [0.2, 0.25) is 0 Å². The number of para-hydroxylation sites is 1. The van der Waals surface area contributed by atoms with Crippen LogP contribution in [0.4, 0.5) is 5.69 Å². The maximum absolute atomic E-state index is 5.77. The van der Waals surface area contributed by atoms with Gasteiger partial charge in [-0.1, -0.05) is 36.4 Å². The van der Waals surface area contributed by atoms with E-state index in [1.54, 1.807) is 0 Å². The fourth-order valence-corrected chi connectivity index (χ4v) is 1.16. The molecule has 0 aliphatic rings. The maximum atomic E-state index is 5.77. The maximum Gasteiger partial charge on any atom is 0.101 e. The Morgan fingerprint density at radius 3 is 2.50 bits per heavy atom. The Labute approximate surface area is 78.3 Å². The molecule has 0 N–H and O–H groups in total. The lowest BCUT2D eigenvalue weighted by Gasteiger charge is -2.19. The molecule has 0 spiro atoms. The molecule has 0 unspecified atom stereocenters. The Kier molecular flexibility index (Phi) is 2.77. The highest BCUT2D eigenvalue weighted by molar-refractivity contribution is 6.30. The van der Waals surface area contributed by atoms with Crippen LogP contribution in [-0.4, -0.2) is 7.05 Å². The summed E-state index contributed by atoms with van der Waals surface area (Å²) in [5, 5.41) is 0.532. The van der Waals surface area contributed by atoms with Crippen molar-refractivity contribution in [3.8, 4) is 0 Å². The molecule has 0 heterocycles. The smallest absolute Gasteiger partial charge is 0.101 e. The van der Waals surface area contributed by atoms with Gasteiger partial charge in [0.2, 0.25) is 0 Å². The molecule has 0 saturated heterocycles. The average molecular weight is 182 g/mol. The van der Waals surface area contributed by atoms with Gasteiger partial charge in [-0.15, -0.1) is 0 Å². The van der Waals surface area contributed by atoms with E-state index in [0.29, 0.717) is 5.16 Å². The Balaban J connectivity index is 3.02. The fourth-order valence-electron chi connectivity index (χ4n) is 1.07. The Morgan fingerprint density at radius 2 is 2.00 bits per heavy atom. The quantitative estimate of drug-likeness (QED) is 0.634. The molecule has 0 aliphatic carbocycles. The molecule has 1 aromatic carbocycles. The van der Waals surface area contributed by atoms with Crippen molar-refractivity contribution in [1.82, 2.24) is 0 Å². The Hall–Kier alpha value is -0.950. The average Bonchev–Trinajstić information content (AvgIpc) is 2.04. The second kappa shape index (κ2) is 3.63. The summed E-state index contributed by atoms with van der Waals surface area (Å²) in [5.41, 5.74) is 2.29. The van der Waals surface area contributed by atoms with Gasteiger partial charge < -0.3 is 4.90 Å². The minimum atomic E-state index is 0.532. The van der Waals surface area contributed by atoms with Crippen molar-refractivity contribution in [2.75, 3.05) is 11.9 Å². The van der Waals surface area contributed by atoms with Crippen LogP contribution in [0.1, 0.15) is 5.56 Å². The van der Waals surface area contributed by atoms with Gasteiger partial charge in [0.25, 0.3) is 0 Å². The van der Waals surface area contributed by atoms with E-state index in [2.05, 4.69) is 6.58 Å². The third-order valence-electron chi connectivity index (χ3n) is 1.84. The fraction of sp³-hybridized carbons (Fsp3) is 0.200. The minimum absolute atomic E-state index is 0.532. The van der Waals surface area contributed by atoms with Gasteiger partial charge in [-0.05, 0) is 18.6 Å². The highest BCUT2D eigenvalue weighted by Gasteiger charge is 2.03. The summed E-state index contributed by atoms with van der Waals surface area (Å²) in [6, 6.07) is 8.05. The molecule has 1 nitrogen and oxygen atoms in total. The van der Waals surface area contributed by atoms with Crippen LogP contribution in [0.15, 0.2) is 36.0 Å². The van der Waals surface area contributed by atoms with Gasteiger partial charge in [0.1, 0.15) is 5.16 Å². The molecule has 0 aromatic heterocycles. The first-order valence-corrected chi connectivity index (χ1v) is 4.14. The summed E-state index contributed by atoms with van der Waals surface area (Å²) in [4.78, 5) is 1.86. The lowest BCUT2D eigenvalue weighted by molar-refractivity contribution is 1.16. The molecule has 0 fully saturated rings. The van der Waals surface area contributed by atoms with Crippen molar-refractivity contribution >= 4 is 17.3 Å². The molecule has 0 atom stereocenters. The molecule has 0 saturated carbocycles. The Morgan fingerprint density at radius 1 is 1.42 bits per heavy atom. The van der Waals surface area contributed by atoms with Crippen LogP contribution in [0.25, 0.3) is 0 Å². The number of nitrogens with zero attached hydrogens (tertiary/aromatic N) is 1. The topological polar surface area (TPSA) is 3.24 Å². The van der Waals surface area contributed by atoms with Gasteiger partial charge in [-0.3, -0.25) is 0 Å². The standard InChI is InChI=1S/C10H12ClN/c1-8-6-4-5-7-10(8)12(3)9(2)11/h4-7H,2H2,1,3H3. The van der Waals surface area contributed by atoms with E-state index in [1.807, 2.05) is 43.1 Å². The zero-order valence-electron chi connectivity index (χ0n) is 7.34. The lowest BCUT2D eigenvalue weighted by Crippen LogP contribution is -2.12. The molecular weight excluding hydrogens is 170 g/mol. The van der Waals surface area contributed by atoms with Crippen molar-refractivity contribution in [2.24, 2.45) is 0 Å². The van der Waals surface area contributed by atoms with Gasteiger partial charge in [-0.25, -0.2) is 0 Å². The number of hydrogen-bond acceptors (Lipinski definition) is 1. The third kappa shape index (κ3) is 1.80. The van der Waals surface area contributed by atoms with E-state index < -0.39 is 0 Å². The first kappa shape index (κ1) is 9.14. The first-order chi connectivity index (χ1) is 5.63. The van der Waals surface area contributed by atoms with Gasteiger partial charge in [0.15, 0.2) is 0 Å². The number of benzene rings is 1. The predicted molar refractivity (Wildman–Crippen MR) is 54.6 cm³/mol. The van der Waals surface area contributed by atoms with Gasteiger partial charge in [-0.2, -0.15) is 0 Å². The first-order valence-electron chi connectivity index (χ1n) is 3.76. The molecule has 2 heteroatoms. The molecule has 0 aliphatic heterocycles. The van der Waals surface area contributed by atoms with Crippen LogP contribution in [-0.2, 0) is 0 Å². The number of rotatable bonds is 2. The van der Waals surface area contributed by atoms with Crippen LogP contribution >= 0.6 is 11.6 Å². The summed E-state index contributed by atoms with van der Waals surface area (Å²) < 4.78 is 0. The van der Waals surface area contributed by atoms with Gasteiger partial charge in [0.05, 0.1) is 0 Å². The van der Waals surface area contributed by atoms with Crippen LogP contribution in [0, 0.1) is 6.92 Å². The van der Waals surface area contributed by atoms with E-state index in [0.717, 1.165) is 5.69 Å². The largest absolute Gasteiger partial charge is 0.336 e. The van der Waals surface area contributed by atoms with E-state index >= 15 is 0 Å². The van der Waals surface area contributed by atoms with Crippen molar-refractivity contribution < 1.29 is 0 Å². The summed E-state index contributed by atoms with van der Waals surface area (Å²) >= 11 is 5.77. The molecule has 12 heavy (non-hydrogen) atoms. The lowest BCUT2D eigenvalue weighted by atomic mass is 10.2. The van der Waals surface area contributed by atoms with Crippen LogP contribution in [0.5, 0.6) is 0 Å². The van der Waals surface area contributed by atoms with E-state index in [-0.39, 0.29) is 0 Å². The number of hydrogen-bond donors (Lipinski definition) is 0.